The summed E-state index contributed by atoms with van der Waals surface area (Å²) in [7, 11) is -3.65. The van der Waals surface area contributed by atoms with Crippen LogP contribution in [-0.4, -0.2) is 50.5 Å². The van der Waals surface area contributed by atoms with Gasteiger partial charge in [0.15, 0.2) is 6.61 Å². The monoisotopic (exact) mass is 456 g/mol. The third-order valence-corrected chi connectivity index (χ3v) is 6.56. The van der Waals surface area contributed by atoms with Crippen LogP contribution in [-0.2, 0) is 19.6 Å². The zero-order valence-corrected chi connectivity index (χ0v) is 18.0. The van der Waals surface area contributed by atoms with E-state index in [1.54, 1.807) is 0 Å². The van der Waals surface area contributed by atoms with E-state index in [-0.39, 0.29) is 47.6 Å². The van der Waals surface area contributed by atoms with E-state index in [1.807, 2.05) is 13.8 Å². The summed E-state index contributed by atoms with van der Waals surface area (Å²) in [6.45, 7) is 3.93. The second-order valence-corrected chi connectivity index (χ2v) is 9.36. The number of hydrogen-bond donors (Lipinski definition) is 1. The molecule has 2 aromatic rings. The molecule has 30 heavy (non-hydrogen) atoms. The molecule has 1 amide bonds. The van der Waals surface area contributed by atoms with Crippen molar-refractivity contribution in [2.45, 2.75) is 31.0 Å². The lowest BCUT2D eigenvalue weighted by Crippen LogP contribution is -2.48. The Hall–Kier alpha value is -2.20. The highest BCUT2D eigenvalue weighted by atomic mass is 35.5. The molecule has 2 aromatic carbocycles. The van der Waals surface area contributed by atoms with Gasteiger partial charge in [0.1, 0.15) is 11.6 Å². The average molecular weight is 457 g/mol. The number of carbonyl (C=O) groups is 1. The minimum absolute atomic E-state index is 0.103. The van der Waals surface area contributed by atoms with E-state index < -0.39 is 21.7 Å². The lowest BCUT2D eigenvalue weighted by atomic mass is 10.3. The smallest absolute Gasteiger partial charge is 0.262 e. The van der Waals surface area contributed by atoms with Gasteiger partial charge in [-0.1, -0.05) is 11.6 Å². The van der Waals surface area contributed by atoms with Crippen LogP contribution in [0, 0.1) is 5.82 Å². The average Bonchev–Trinajstić information content (AvgIpc) is 2.68. The largest absolute Gasteiger partial charge is 0.484 e. The number of benzene rings is 2. The molecule has 0 unspecified atom stereocenters. The van der Waals surface area contributed by atoms with Crippen LogP contribution < -0.4 is 10.1 Å². The van der Waals surface area contributed by atoms with Crippen LogP contribution in [0.3, 0.4) is 0 Å². The normalized spacial score (nSPS) is 20.0. The number of rotatable bonds is 6. The summed E-state index contributed by atoms with van der Waals surface area (Å²) in [4.78, 5) is 12.2. The maximum Gasteiger partial charge on any atom is 0.262 e. The molecule has 1 fully saturated rings. The van der Waals surface area contributed by atoms with Crippen LogP contribution in [0.4, 0.5) is 10.1 Å². The highest BCUT2D eigenvalue weighted by Crippen LogP contribution is 2.23. The molecule has 1 heterocycles. The van der Waals surface area contributed by atoms with Gasteiger partial charge in [-0.2, -0.15) is 4.31 Å². The van der Waals surface area contributed by atoms with Crippen LogP contribution >= 0.6 is 11.6 Å². The zero-order valence-electron chi connectivity index (χ0n) is 16.5. The first-order valence-corrected chi connectivity index (χ1v) is 11.1. The number of anilines is 1. The summed E-state index contributed by atoms with van der Waals surface area (Å²) in [5, 5.41) is 2.51. The number of nitrogens with zero attached hydrogens (tertiary/aromatic N) is 1. The van der Waals surface area contributed by atoms with Crippen LogP contribution in [0.15, 0.2) is 47.4 Å². The van der Waals surface area contributed by atoms with E-state index in [9.17, 15) is 17.6 Å². The van der Waals surface area contributed by atoms with Gasteiger partial charge < -0.3 is 14.8 Å². The Labute approximate surface area is 179 Å². The fourth-order valence-corrected chi connectivity index (χ4v) is 4.86. The zero-order chi connectivity index (χ0) is 21.9. The van der Waals surface area contributed by atoms with Crippen LogP contribution in [0.5, 0.6) is 5.75 Å². The van der Waals surface area contributed by atoms with Gasteiger partial charge in [-0.25, -0.2) is 12.8 Å². The Morgan fingerprint density at radius 1 is 1.20 bits per heavy atom. The molecular weight excluding hydrogens is 435 g/mol. The van der Waals surface area contributed by atoms with E-state index in [0.717, 1.165) is 6.07 Å². The fourth-order valence-electron chi connectivity index (χ4n) is 3.10. The third kappa shape index (κ3) is 5.48. The van der Waals surface area contributed by atoms with Crippen molar-refractivity contribution in [2.24, 2.45) is 0 Å². The van der Waals surface area contributed by atoms with E-state index in [4.69, 9.17) is 21.1 Å². The minimum atomic E-state index is -3.65. The number of morpholine rings is 1. The molecule has 1 saturated heterocycles. The van der Waals surface area contributed by atoms with Crippen molar-refractivity contribution in [3.8, 4) is 5.75 Å². The molecule has 0 radical (unpaired) electrons. The number of halogens is 2. The first-order valence-electron chi connectivity index (χ1n) is 9.28. The Morgan fingerprint density at radius 3 is 2.43 bits per heavy atom. The number of carbonyl (C=O) groups excluding carboxylic acids is 1. The summed E-state index contributed by atoms with van der Waals surface area (Å²) >= 11 is 5.67. The molecule has 2 atom stereocenters. The van der Waals surface area contributed by atoms with Gasteiger partial charge in [0.05, 0.1) is 22.1 Å². The van der Waals surface area contributed by atoms with Crippen molar-refractivity contribution in [2.75, 3.05) is 25.0 Å². The molecule has 1 aliphatic heterocycles. The highest BCUT2D eigenvalue weighted by molar-refractivity contribution is 7.89. The van der Waals surface area contributed by atoms with Gasteiger partial charge >= 0.3 is 0 Å². The van der Waals surface area contributed by atoms with Gasteiger partial charge in [-0.05, 0) is 50.2 Å². The second kappa shape index (κ2) is 9.30. The molecule has 0 aromatic heterocycles. The van der Waals surface area contributed by atoms with Crippen molar-refractivity contribution >= 4 is 33.2 Å². The topological polar surface area (TPSA) is 84.9 Å². The quantitative estimate of drug-likeness (QED) is 0.721. The SMILES string of the molecule is C[C@@H]1CN(S(=O)(=O)c2ccc(NC(=O)COc3ccc(F)c(Cl)c3)cc2)C[C@@H](C)O1. The Kier molecular flexibility index (Phi) is 6.97. The Morgan fingerprint density at radius 2 is 1.83 bits per heavy atom. The van der Waals surface area contributed by atoms with E-state index in [0.29, 0.717) is 5.69 Å². The van der Waals surface area contributed by atoms with Gasteiger partial charge in [-0.3, -0.25) is 4.79 Å². The van der Waals surface area contributed by atoms with Crippen molar-refractivity contribution in [1.29, 1.82) is 0 Å². The lowest BCUT2D eigenvalue weighted by Gasteiger charge is -2.34. The minimum Gasteiger partial charge on any atom is -0.484 e. The molecule has 0 spiro atoms. The number of hydrogen-bond acceptors (Lipinski definition) is 5. The molecule has 162 valence electrons. The van der Waals surface area contributed by atoms with Crippen molar-refractivity contribution in [3.63, 3.8) is 0 Å². The fraction of sp³-hybridized carbons (Fsp3) is 0.350. The molecule has 0 bridgehead atoms. The van der Waals surface area contributed by atoms with Crippen molar-refractivity contribution in [1.82, 2.24) is 4.31 Å². The van der Waals surface area contributed by atoms with Gasteiger partial charge in [0.2, 0.25) is 10.0 Å². The predicted octanol–water partition coefficient (Wildman–Crippen LogP) is 3.29. The van der Waals surface area contributed by atoms with E-state index >= 15 is 0 Å². The molecule has 7 nitrogen and oxygen atoms in total. The molecule has 1 aliphatic rings. The van der Waals surface area contributed by atoms with Crippen LogP contribution in [0.2, 0.25) is 5.02 Å². The summed E-state index contributed by atoms with van der Waals surface area (Å²) in [5.74, 6) is -0.779. The first kappa shape index (κ1) is 22.5. The molecule has 0 aliphatic carbocycles. The maximum absolute atomic E-state index is 13.1. The van der Waals surface area contributed by atoms with Gasteiger partial charge in [0.25, 0.3) is 5.91 Å². The second-order valence-electron chi connectivity index (χ2n) is 7.02. The Balaban J connectivity index is 1.59. The molecule has 1 N–H and O–H groups in total. The lowest BCUT2D eigenvalue weighted by molar-refractivity contribution is -0.118. The summed E-state index contributed by atoms with van der Waals surface area (Å²) < 4.78 is 51.1. The summed E-state index contributed by atoms with van der Waals surface area (Å²) in [6, 6.07) is 9.68. The van der Waals surface area contributed by atoms with E-state index in [1.165, 1.54) is 40.7 Å². The molecule has 3 rings (SSSR count). The standard InChI is InChI=1S/C20H22ClFN2O5S/c1-13-10-24(11-14(2)29-13)30(26,27)17-6-3-15(4-7-17)23-20(25)12-28-16-5-8-19(22)18(21)9-16/h3-9,13-14H,10-12H2,1-2H3,(H,23,25)/t13-,14-/m1/s1. The van der Waals surface area contributed by atoms with Crippen LogP contribution in [0.25, 0.3) is 0 Å². The first-order chi connectivity index (χ1) is 14.1. The number of nitrogens with one attached hydrogen (secondary N) is 1. The highest BCUT2D eigenvalue weighted by Gasteiger charge is 2.32. The summed E-state index contributed by atoms with van der Waals surface area (Å²) in [5.41, 5.74) is 0.420. The Bertz CT molecular complexity index is 1010. The number of ether oxygens (including phenoxy) is 2. The third-order valence-electron chi connectivity index (χ3n) is 4.42. The molecular formula is C20H22ClFN2O5S. The maximum atomic E-state index is 13.1. The van der Waals surface area contributed by atoms with E-state index in [2.05, 4.69) is 5.32 Å². The summed E-state index contributed by atoms with van der Waals surface area (Å²) in [6.07, 6.45) is -0.365. The van der Waals surface area contributed by atoms with Gasteiger partial charge in [-0.15, -0.1) is 0 Å². The predicted molar refractivity (Wildman–Crippen MR) is 111 cm³/mol. The van der Waals surface area contributed by atoms with Crippen molar-refractivity contribution in [3.05, 3.63) is 53.3 Å². The van der Waals surface area contributed by atoms with Gasteiger partial charge in [0, 0.05) is 24.8 Å². The van der Waals surface area contributed by atoms with Crippen molar-refractivity contribution < 1.29 is 27.1 Å². The molecule has 0 saturated carbocycles. The molecule has 10 heteroatoms. The number of amides is 1. The number of sulfonamides is 1. The van der Waals surface area contributed by atoms with Crippen LogP contribution in [0.1, 0.15) is 13.8 Å².